The minimum Gasteiger partial charge on any atom is -0.356 e. The van der Waals surface area contributed by atoms with E-state index in [9.17, 15) is 8.42 Å². The van der Waals surface area contributed by atoms with E-state index in [1.165, 1.54) is 0 Å². The zero-order valence-electron chi connectivity index (χ0n) is 15.3. The van der Waals surface area contributed by atoms with Gasteiger partial charge < -0.3 is 10.2 Å². The molecule has 1 aliphatic heterocycles. The molecule has 140 valence electrons. The summed E-state index contributed by atoms with van der Waals surface area (Å²) in [7, 11) is -1.42. The number of nitrogens with one attached hydrogen (secondary N) is 1. The maximum absolute atomic E-state index is 12.3. The van der Waals surface area contributed by atoms with Crippen molar-refractivity contribution in [1.82, 2.24) is 10.2 Å². The number of hydrogen-bond acceptors (Lipinski definition) is 4. The van der Waals surface area contributed by atoms with Gasteiger partial charge in [0.2, 0.25) is 0 Å². The standard InChI is InChI=1S/C18H29N3O2S2/c1-15(2)17-14-21(11-12-24-17)18(19-3)20-10-7-13-25(22,23)16-8-5-4-6-9-16/h4-6,8-9,15,17H,7,10-14H2,1-3H3,(H,19,20). The first-order valence-electron chi connectivity index (χ1n) is 8.79. The Kier molecular flexibility index (Phi) is 7.62. The largest absolute Gasteiger partial charge is 0.356 e. The molecule has 1 fully saturated rings. The van der Waals surface area contributed by atoms with Crippen LogP contribution in [0.1, 0.15) is 20.3 Å². The molecule has 0 saturated carbocycles. The van der Waals surface area contributed by atoms with Crippen LogP contribution in [0.4, 0.5) is 0 Å². The van der Waals surface area contributed by atoms with Crippen LogP contribution in [0.25, 0.3) is 0 Å². The predicted molar refractivity (Wildman–Crippen MR) is 107 cm³/mol. The van der Waals surface area contributed by atoms with Gasteiger partial charge in [0.15, 0.2) is 15.8 Å². The Hall–Kier alpha value is -1.21. The van der Waals surface area contributed by atoms with E-state index < -0.39 is 9.84 Å². The summed E-state index contributed by atoms with van der Waals surface area (Å²) in [5, 5.41) is 3.94. The molecule has 0 bridgehead atoms. The smallest absolute Gasteiger partial charge is 0.193 e. The van der Waals surface area contributed by atoms with Crippen LogP contribution in [0.2, 0.25) is 0 Å². The fourth-order valence-electron chi connectivity index (χ4n) is 2.81. The summed E-state index contributed by atoms with van der Waals surface area (Å²) < 4.78 is 24.6. The maximum Gasteiger partial charge on any atom is 0.193 e. The highest BCUT2D eigenvalue weighted by Crippen LogP contribution is 2.24. The topological polar surface area (TPSA) is 61.8 Å². The van der Waals surface area contributed by atoms with Crippen molar-refractivity contribution >= 4 is 27.6 Å². The third kappa shape index (κ3) is 5.92. The van der Waals surface area contributed by atoms with Crippen molar-refractivity contribution in [2.45, 2.75) is 30.4 Å². The first-order valence-corrected chi connectivity index (χ1v) is 11.5. The van der Waals surface area contributed by atoms with Gasteiger partial charge in [-0.15, -0.1) is 0 Å². The van der Waals surface area contributed by atoms with E-state index in [1.807, 2.05) is 17.8 Å². The summed E-state index contributed by atoms with van der Waals surface area (Å²) in [5.41, 5.74) is 0. The molecule has 1 aromatic rings. The molecule has 0 radical (unpaired) electrons. The van der Waals surface area contributed by atoms with Crippen LogP contribution < -0.4 is 5.32 Å². The van der Waals surface area contributed by atoms with Crippen molar-refractivity contribution in [2.24, 2.45) is 10.9 Å². The zero-order valence-corrected chi connectivity index (χ0v) is 16.9. The summed E-state index contributed by atoms with van der Waals surface area (Å²) >= 11 is 2.03. The quantitative estimate of drug-likeness (QED) is 0.465. The number of nitrogens with zero attached hydrogens (tertiary/aromatic N) is 2. The van der Waals surface area contributed by atoms with Crippen LogP contribution in [0.5, 0.6) is 0 Å². The zero-order chi connectivity index (χ0) is 18.3. The van der Waals surface area contributed by atoms with Crippen molar-refractivity contribution in [2.75, 3.05) is 38.2 Å². The molecule has 1 aromatic carbocycles. The molecular formula is C18H29N3O2S2. The van der Waals surface area contributed by atoms with E-state index in [-0.39, 0.29) is 5.75 Å². The van der Waals surface area contributed by atoms with Crippen molar-refractivity contribution in [3.8, 4) is 0 Å². The van der Waals surface area contributed by atoms with E-state index in [4.69, 9.17) is 0 Å². The molecule has 2 rings (SSSR count). The molecule has 7 heteroatoms. The van der Waals surface area contributed by atoms with Crippen molar-refractivity contribution in [3.05, 3.63) is 30.3 Å². The number of hydrogen-bond donors (Lipinski definition) is 1. The number of aliphatic imine (C=N–C) groups is 1. The molecule has 5 nitrogen and oxygen atoms in total. The normalized spacial score (nSPS) is 19.3. The summed E-state index contributed by atoms with van der Waals surface area (Å²) in [5.74, 6) is 2.77. The van der Waals surface area contributed by atoms with Crippen LogP contribution in [-0.4, -0.2) is 62.7 Å². The number of thioether (sulfide) groups is 1. The molecule has 0 aromatic heterocycles. The summed E-state index contributed by atoms with van der Waals surface area (Å²) in [6, 6.07) is 8.64. The van der Waals surface area contributed by atoms with Crippen molar-refractivity contribution in [3.63, 3.8) is 0 Å². The van der Waals surface area contributed by atoms with Crippen molar-refractivity contribution in [1.29, 1.82) is 0 Å². The minimum absolute atomic E-state index is 0.144. The SMILES string of the molecule is CN=C(NCCCS(=O)(=O)c1ccccc1)N1CCSC(C(C)C)C1. The first-order chi connectivity index (χ1) is 11.9. The Balaban J connectivity index is 1.82. The average molecular weight is 384 g/mol. The van der Waals surface area contributed by atoms with Gasteiger partial charge in [-0.3, -0.25) is 4.99 Å². The third-order valence-electron chi connectivity index (χ3n) is 4.32. The molecule has 25 heavy (non-hydrogen) atoms. The number of sulfone groups is 1. The van der Waals surface area contributed by atoms with Crippen LogP contribution in [0.15, 0.2) is 40.2 Å². The lowest BCUT2D eigenvalue weighted by Crippen LogP contribution is -2.49. The van der Waals surface area contributed by atoms with Gasteiger partial charge in [0.1, 0.15) is 0 Å². The van der Waals surface area contributed by atoms with E-state index in [0.29, 0.717) is 29.0 Å². The monoisotopic (exact) mass is 383 g/mol. The highest BCUT2D eigenvalue weighted by molar-refractivity contribution is 8.00. The summed E-state index contributed by atoms with van der Waals surface area (Å²) in [4.78, 5) is 7.05. The molecule has 1 aliphatic rings. The molecule has 1 heterocycles. The molecule has 0 aliphatic carbocycles. The van der Waals surface area contributed by atoms with E-state index in [1.54, 1.807) is 31.3 Å². The van der Waals surface area contributed by atoms with Crippen LogP contribution >= 0.6 is 11.8 Å². The lowest BCUT2D eigenvalue weighted by molar-refractivity contribution is 0.381. The Morgan fingerprint density at radius 1 is 1.36 bits per heavy atom. The fourth-order valence-corrected chi connectivity index (χ4v) is 5.44. The van der Waals surface area contributed by atoms with E-state index in [0.717, 1.165) is 24.8 Å². The molecule has 1 atom stereocenters. The summed E-state index contributed by atoms with van der Waals surface area (Å²) in [6.45, 7) is 7.09. The maximum atomic E-state index is 12.3. The number of rotatable bonds is 6. The van der Waals surface area contributed by atoms with Crippen LogP contribution in [-0.2, 0) is 9.84 Å². The summed E-state index contributed by atoms with van der Waals surface area (Å²) in [6.07, 6.45) is 0.562. The van der Waals surface area contributed by atoms with Gasteiger partial charge >= 0.3 is 0 Å². The number of guanidine groups is 1. The van der Waals surface area contributed by atoms with Gasteiger partial charge in [-0.2, -0.15) is 11.8 Å². The Labute approximate surface area is 156 Å². The predicted octanol–water partition coefficient (Wildman–Crippen LogP) is 2.50. The van der Waals surface area contributed by atoms with Gasteiger partial charge in [-0.25, -0.2) is 8.42 Å². The first kappa shape index (κ1) is 20.1. The lowest BCUT2D eigenvalue weighted by Gasteiger charge is -2.36. The Bertz CT molecular complexity index is 660. The van der Waals surface area contributed by atoms with Gasteiger partial charge in [-0.05, 0) is 24.5 Å². The third-order valence-corrected chi connectivity index (χ3v) is 7.68. The number of benzene rings is 1. The fraction of sp³-hybridized carbons (Fsp3) is 0.611. The lowest BCUT2D eigenvalue weighted by atomic mass is 10.1. The minimum atomic E-state index is -3.21. The van der Waals surface area contributed by atoms with E-state index in [2.05, 4.69) is 29.1 Å². The van der Waals surface area contributed by atoms with Gasteiger partial charge in [0.25, 0.3) is 0 Å². The molecular weight excluding hydrogens is 354 g/mol. The molecule has 0 spiro atoms. The van der Waals surface area contributed by atoms with Gasteiger partial charge in [-0.1, -0.05) is 32.0 Å². The van der Waals surface area contributed by atoms with Crippen LogP contribution in [0, 0.1) is 5.92 Å². The molecule has 0 amide bonds. The Morgan fingerprint density at radius 3 is 2.72 bits per heavy atom. The second-order valence-electron chi connectivity index (χ2n) is 6.56. The highest BCUT2D eigenvalue weighted by Gasteiger charge is 2.24. The second-order valence-corrected chi connectivity index (χ2v) is 10.0. The van der Waals surface area contributed by atoms with Crippen molar-refractivity contribution < 1.29 is 8.42 Å². The molecule has 1 N–H and O–H groups in total. The van der Waals surface area contributed by atoms with Crippen LogP contribution in [0.3, 0.4) is 0 Å². The Morgan fingerprint density at radius 2 is 2.08 bits per heavy atom. The van der Waals surface area contributed by atoms with Gasteiger partial charge in [0, 0.05) is 37.7 Å². The van der Waals surface area contributed by atoms with E-state index >= 15 is 0 Å². The van der Waals surface area contributed by atoms with Gasteiger partial charge in [0.05, 0.1) is 10.6 Å². The highest BCUT2D eigenvalue weighted by atomic mass is 32.2. The molecule has 1 unspecified atom stereocenters. The average Bonchev–Trinajstić information content (AvgIpc) is 2.62. The second kappa shape index (κ2) is 9.48. The molecule has 1 saturated heterocycles.